The molecule has 0 aliphatic rings. The summed E-state index contributed by atoms with van der Waals surface area (Å²) in [5.74, 6) is -0.265. The average molecular weight is 294 g/mol. The third-order valence-corrected chi connectivity index (χ3v) is 3.16. The van der Waals surface area contributed by atoms with Crippen molar-refractivity contribution in [3.63, 3.8) is 0 Å². The SMILES string of the molecule is Cn1nccc1-c1cncc(CNC(=O)c2cnccn2)c1. The van der Waals surface area contributed by atoms with Crippen LogP contribution in [0.25, 0.3) is 11.3 Å². The van der Waals surface area contributed by atoms with Crippen molar-refractivity contribution >= 4 is 5.91 Å². The first-order valence-electron chi connectivity index (χ1n) is 6.70. The number of rotatable bonds is 4. The topological polar surface area (TPSA) is 85.6 Å². The standard InChI is InChI=1S/C15H14N6O/c1-21-14(2-3-20-21)12-6-11(7-17-9-12)8-19-15(22)13-10-16-4-5-18-13/h2-7,9-10H,8H2,1H3,(H,19,22). The molecule has 1 N–H and O–H groups in total. The van der Waals surface area contributed by atoms with Gasteiger partial charge in [0.25, 0.3) is 5.91 Å². The molecule has 110 valence electrons. The van der Waals surface area contributed by atoms with Crippen LogP contribution < -0.4 is 5.32 Å². The Labute approximate surface area is 127 Å². The lowest BCUT2D eigenvalue weighted by Crippen LogP contribution is -2.23. The van der Waals surface area contributed by atoms with Gasteiger partial charge in [0.1, 0.15) is 5.69 Å². The van der Waals surface area contributed by atoms with E-state index in [2.05, 4.69) is 25.4 Å². The first kappa shape index (κ1) is 13.9. The second kappa shape index (κ2) is 6.13. The van der Waals surface area contributed by atoms with Crippen LogP contribution in [0.2, 0.25) is 0 Å². The van der Waals surface area contributed by atoms with E-state index in [1.165, 1.54) is 18.6 Å². The second-order valence-corrected chi connectivity index (χ2v) is 4.70. The lowest BCUT2D eigenvalue weighted by atomic mass is 10.1. The maximum Gasteiger partial charge on any atom is 0.271 e. The molecule has 0 bridgehead atoms. The van der Waals surface area contributed by atoms with Crippen LogP contribution in [-0.4, -0.2) is 30.6 Å². The molecule has 3 aromatic heterocycles. The minimum atomic E-state index is -0.265. The van der Waals surface area contributed by atoms with Crippen molar-refractivity contribution < 1.29 is 4.79 Å². The highest BCUT2D eigenvalue weighted by Gasteiger charge is 2.08. The van der Waals surface area contributed by atoms with Gasteiger partial charge in [-0.1, -0.05) is 0 Å². The number of amides is 1. The van der Waals surface area contributed by atoms with Crippen molar-refractivity contribution in [1.29, 1.82) is 0 Å². The van der Waals surface area contributed by atoms with Crippen molar-refractivity contribution in [3.05, 3.63) is 60.6 Å². The quantitative estimate of drug-likeness (QED) is 0.781. The second-order valence-electron chi connectivity index (χ2n) is 4.70. The number of aromatic nitrogens is 5. The number of carbonyl (C=O) groups is 1. The zero-order valence-corrected chi connectivity index (χ0v) is 12.0. The van der Waals surface area contributed by atoms with Gasteiger partial charge in [0, 0.05) is 50.1 Å². The Balaban J connectivity index is 1.71. The van der Waals surface area contributed by atoms with Crippen LogP contribution >= 0.6 is 0 Å². The van der Waals surface area contributed by atoms with Gasteiger partial charge in [0.15, 0.2) is 0 Å². The van der Waals surface area contributed by atoms with Crippen LogP contribution in [0.1, 0.15) is 16.1 Å². The van der Waals surface area contributed by atoms with Gasteiger partial charge in [-0.15, -0.1) is 0 Å². The summed E-state index contributed by atoms with van der Waals surface area (Å²) in [6.07, 6.45) is 9.66. The van der Waals surface area contributed by atoms with E-state index < -0.39 is 0 Å². The summed E-state index contributed by atoms with van der Waals surface area (Å²) < 4.78 is 1.78. The zero-order chi connectivity index (χ0) is 15.4. The van der Waals surface area contributed by atoms with Gasteiger partial charge in [-0.2, -0.15) is 5.10 Å². The zero-order valence-electron chi connectivity index (χ0n) is 12.0. The first-order chi connectivity index (χ1) is 10.7. The minimum Gasteiger partial charge on any atom is -0.347 e. The van der Waals surface area contributed by atoms with E-state index in [1.807, 2.05) is 19.2 Å². The van der Waals surface area contributed by atoms with Crippen LogP contribution in [0.4, 0.5) is 0 Å². The molecule has 0 radical (unpaired) electrons. The summed E-state index contributed by atoms with van der Waals surface area (Å²) in [5, 5.41) is 6.94. The van der Waals surface area contributed by atoms with Gasteiger partial charge in [-0.3, -0.25) is 19.4 Å². The molecule has 0 unspecified atom stereocenters. The monoisotopic (exact) mass is 294 g/mol. The Morgan fingerprint density at radius 2 is 2.09 bits per heavy atom. The minimum absolute atomic E-state index is 0.265. The van der Waals surface area contributed by atoms with Gasteiger partial charge < -0.3 is 5.32 Å². The van der Waals surface area contributed by atoms with Crippen LogP contribution in [0, 0.1) is 0 Å². The number of aryl methyl sites for hydroxylation is 1. The molecule has 7 heteroatoms. The molecule has 0 atom stereocenters. The number of carbonyl (C=O) groups excluding carboxylic acids is 1. The molecular weight excluding hydrogens is 280 g/mol. The molecule has 22 heavy (non-hydrogen) atoms. The summed E-state index contributed by atoms with van der Waals surface area (Å²) in [6.45, 7) is 0.369. The Kier molecular flexibility index (Phi) is 3.86. The van der Waals surface area contributed by atoms with E-state index in [1.54, 1.807) is 23.3 Å². The van der Waals surface area contributed by atoms with E-state index in [0.717, 1.165) is 16.8 Å². The van der Waals surface area contributed by atoms with Crippen molar-refractivity contribution in [2.24, 2.45) is 7.05 Å². The fourth-order valence-electron chi connectivity index (χ4n) is 2.07. The Morgan fingerprint density at radius 3 is 2.82 bits per heavy atom. The fraction of sp³-hybridized carbons (Fsp3) is 0.133. The number of hydrogen-bond acceptors (Lipinski definition) is 5. The van der Waals surface area contributed by atoms with Gasteiger partial charge in [0.05, 0.1) is 11.9 Å². The summed E-state index contributed by atoms with van der Waals surface area (Å²) >= 11 is 0. The molecule has 3 aromatic rings. The van der Waals surface area contributed by atoms with Crippen molar-refractivity contribution in [3.8, 4) is 11.3 Å². The highest BCUT2D eigenvalue weighted by atomic mass is 16.1. The van der Waals surface area contributed by atoms with Gasteiger partial charge >= 0.3 is 0 Å². The predicted molar refractivity (Wildman–Crippen MR) is 79.6 cm³/mol. The molecule has 7 nitrogen and oxygen atoms in total. The molecule has 0 fully saturated rings. The molecule has 3 heterocycles. The molecule has 3 rings (SSSR count). The average Bonchev–Trinajstić information content (AvgIpc) is 3.00. The molecule has 0 saturated heterocycles. The Bertz CT molecular complexity index is 783. The van der Waals surface area contributed by atoms with E-state index in [9.17, 15) is 4.79 Å². The van der Waals surface area contributed by atoms with E-state index in [-0.39, 0.29) is 5.91 Å². The Morgan fingerprint density at radius 1 is 1.18 bits per heavy atom. The van der Waals surface area contributed by atoms with Gasteiger partial charge in [-0.05, 0) is 17.7 Å². The maximum atomic E-state index is 11.9. The molecule has 0 aliphatic heterocycles. The van der Waals surface area contributed by atoms with Crippen LogP contribution in [0.3, 0.4) is 0 Å². The van der Waals surface area contributed by atoms with Gasteiger partial charge in [-0.25, -0.2) is 4.98 Å². The van der Waals surface area contributed by atoms with E-state index >= 15 is 0 Å². The normalized spacial score (nSPS) is 10.4. The lowest BCUT2D eigenvalue weighted by molar-refractivity contribution is 0.0945. The van der Waals surface area contributed by atoms with E-state index in [4.69, 9.17) is 0 Å². The molecular formula is C15H14N6O. The number of nitrogens with zero attached hydrogens (tertiary/aromatic N) is 5. The molecule has 0 spiro atoms. The fourth-order valence-corrected chi connectivity index (χ4v) is 2.07. The Hall–Kier alpha value is -3.09. The number of nitrogens with one attached hydrogen (secondary N) is 1. The summed E-state index contributed by atoms with van der Waals surface area (Å²) in [4.78, 5) is 24.0. The summed E-state index contributed by atoms with van der Waals surface area (Å²) in [5.41, 5.74) is 3.11. The lowest BCUT2D eigenvalue weighted by Gasteiger charge is -2.07. The molecule has 0 aromatic carbocycles. The molecule has 1 amide bonds. The third-order valence-electron chi connectivity index (χ3n) is 3.16. The first-order valence-corrected chi connectivity index (χ1v) is 6.70. The number of pyridine rings is 1. The van der Waals surface area contributed by atoms with Crippen LogP contribution in [0.5, 0.6) is 0 Å². The number of hydrogen-bond donors (Lipinski definition) is 1. The van der Waals surface area contributed by atoms with Crippen LogP contribution in [-0.2, 0) is 13.6 Å². The van der Waals surface area contributed by atoms with Crippen LogP contribution in [0.15, 0.2) is 49.3 Å². The van der Waals surface area contributed by atoms with Crippen molar-refractivity contribution in [2.45, 2.75) is 6.54 Å². The maximum absolute atomic E-state index is 11.9. The smallest absolute Gasteiger partial charge is 0.271 e. The molecule has 0 saturated carbocycles. The predicted octanol–water partition coefficient (Wildman–Crippen LogP) is 1.20. The highest BCUT2D eigenvalue weighted by Crippen LogP contribution is 2.18. The van der Waals surface area contributed by atoms with Crippen molar-refractivity contribution in [1.82, 2.24) is 30.0 Å². The summed E-state index contributed by atoms with van der Waals surface area (Å²) in [6, 6.07) is 3.89. The summed E-state index contributed by atoms with van der Waals surface area (Å²) in [7, 11) is 1.87. The highest BCUT2D eigenvalue weighted by molar-refractivity contribution is 5.91. The third kappa shape index (κ3) is 2.98. The molecule has 0 aliphatic carbocycles. The van der Waals surface area contributed by atoms with Crippen molar-refractivity contribution in [2.75, 3.05) is 0 Å². The van der Waals surface area contributed by atoms with Gasteiger partial charge in [0.2, 0.25) is 0 Å². The largest absolute Gasteiger partial charge is 0.347 e. The van der Waals surface area contributed by atoms with E-state index in [0.29, 0.717) is 12.2 Å².